The average molecular weight is 290 g/mol. The fraction of sp³-hybridized carbons (Fsp3) is 0.615. The molecule has 4 heterocycles. The normalized spacial score (nSPS) is 16.1. The molecule has 0 radical (unpaired) electrons. The van der Waals surface area contributed by atoms with E-state index in [0.717, 1.165) is 29.7 Å². The minimum atomic E-state index is -0.478. The Morgan fingerprint density at radius 2 is 2.00 bits per heavy atom. The first-order chi connectivity index (χ1) is 9.83. The monoisotopic (exact) mass is 290 g/mol. The van der Waals surface area contributed by atoms with Gasteiger partial charge in [0.05, 0.1) is 24.5 Å². The van der Waals surface area contributed by atoms with Gasteiger partial charge in [-0.25, -0.2) is 14.5 Å². The van der Waals surface area contributed by atoms with Crippen LogP contribution >= 0.6 is 0 Å². The second-order valence-corrected chi connectivity index (χ2v) is 6.56. The molecule has 0 bridgehead atoms. The molecule has 0 saturated carbocycles. The molecule has 1 amide bonds. The van der Waals surface area contributed by atoms with Gasteiger partial charge in [-0.05, 0) is 20.8 Å². The zero-order chi connectivity index (χ0) is 14.9. The van der Waals surface area contributed by atoms with Crippen LogP contribution in [0.1, 0.15) is 32.2 Å². The number of hydrogen-bond acceptors (Lipinski definition) is 4. The van der Waals surface area contributed by atoms with Crippen molar-refractivity contribution in [3.05, 3.63) is 11.4 Å². The number of ether oxygens (including phenoxy) is 1. The highest BCUT2D eigenvalue weighted by Gasteiger charge is 2.35. The highest BCUT2D eigenvalue weighted by atomic mass is 16.6. The van der Waals surface area contributed by atoms with Gasteiger partial charge in [-0.3, -0.25) is 4.90 Å². The van der Waals surface area contributed by atoms with Gasteiger partial charge in [0.1, 0.15) is 5.60 Å². The number of imidazole rings is 1. The van der Waals surface area contributed by atoms with Crippen molar-refractivity contribution in [3.8, 4) is 11.6 Å². The number of nitrogens with zero attached hydrogens (tertiary/aromatic N) is 6. The van der Waals surface area contributed by atoms with Crippen molar-refractivity contribution in [3.63, 3.8) is 0 Å². The Hall–Kier alpha value is -2.25. The van der Waals surface area contributed by atoms with Gasteiger partial charge >= 0.3 is 6.09 Å². The van der Waals surface area contributed by atoms with E-state index in [0.29, 0.717) is 13.1 Å². The largest absolute Gasteiger partial charge is 0.444 e. The molecule has 2 aromatic heterocycles. The van der Waals surface area contributed by atoms with Crippen molar-refractivity contribution < 1.29 is 9.53 Å². The van der Waals surface area contributed by atoms with E-state index < -0.39 is 5.60 Å². The first kappa shape index (κ1) is 12.5. The molecule has 8 heteroatoms. The molecule has 21 heavy (non-hydrogen) atoms. The van der Waals surface area contributed by atoms with Gasteiger partial charge in [0, 0.05) is 7.05 Å². The lowest BCUT2D eigenvalue weighted by molar-refractivity contribution is 0.0238. The van der Waals surface area contributed by atoms with E-state index in [4.69, 9.17) is 4.74 Å². The number of fused-ring (bicyclic) bond motifs is 2. The zero-order valence-corrected chi connectivity index (χ0v) is 12.6. The molecule has 8 nitrogen and oxygen atoms in total. The van der Waals surface area contributed by atoms with Crippen LogP contribution in [0.15, 0.2) is 0 Å². The summed E-state index contributed by atoms with van der Waals surface area (Å²) in [7, 11) is 1.97. The summed E-state index contributed by atoms with van der Waals surface area (Å²) >= 11 is 0. The zero-order valence-electron chi connectivity index (χ0n) is 12.6. The highest BCUT2D eigenvalue weighted by Crippen LogP contribution is 2.30. The Morgan fingerprint density at radius 3 is 2.52 bits per heavy atom. The molecular weight excluding hydrogens is 272 g/mol. The van der Waals surface area contributed by atoms with Crippen LogP contribution in [-0.4, -0.2) is 40.7 Å². The number of carbonyl (C=O) groups is 1. The van der Waals surface area contributed by atoms with Crippen molar-refractivity contribution in [2.24, 2.45) is 7.05 Å². The second kappa shape index (κ2) is 3.69. The van der Waals surface area contributed by atoms with Crippen LogP contribution in [0.5, 0.6) is 0 Å². The fourth-order valence-electron chi connectivity index (χ4n) is 2.62. The molecule has 4 rings (SSSR count). The van der Waals surface area contributed by atoms with E-state index in [1.54, 1.807) is 4.90 Å². The molecule has 0 unspecified atom stereocenters. The maximum Gasteiger partial charge on any atom is 0.410 e. The van der Waals surface area contributed by atoms with Gasteiger partial charge in [-0.15, -0.1) is 5.10 Å². The third-order valence-electron chi connectivity index (χ3n) is 3.74. The molecule has 0 saturated heterocycles. The minimum Gasteiger partial charge on any atom is -0.444 e. The Morgan fingerprint density at radius 1 is 1.24 bits per heavy atom. The Labute approximate surface area is 121 Å². The summed E-state index contributed by atoms with van der Waals surface area (Å²) in [6, 6.07) is 0. The number of hydrogen-bond donors (Lipinski definition) is 0. The quantitative estimate of drug-likeness (QED) is 0.674. The summed E-state index contributed by atoms with van der Waals surface area (Å²) < 4.78 is 9.49. The lowest BCUT2D eigenvalue weighted by Crippen LogP contribution is -2.33. The number of amides is 1. The summed E-state index contributed by atoms with van der Waals surface area (Å²) in [5, 5.41) is 4.33. The molecule has 2 aliphatic heterocycles. The molecule has 0 spiro atoms. The van der Waals surface area contributed by atoms with Gasteiger partial charge in [-0.2, -0.15) is 4.80 Å². The predicted molar refractivity (Wildman–Crippen MR) is 73.3 cm³/mol. The molecule has 2 aromatic rings. The van der Waals surface area contributed by atoms with Gasteiger partial charge in [0.2, 0.25) is 5.82 Å². The molecule has 0 aromatic carbocycles. The number of rotatable bonds is 1. The van der Waals surface area contributed by atoms with Crippen molar-refractivity contribution in [1.82, 2.24) is 29.0 Å². The summed E-state index contributed by atoms with van der Waals surface area (Å²) in [6.07, 6.45) is -0.292. The molecule has 112 valence electrons. The van der Waals surface area contributed by atoms with Gasteiger partial charge in [0.15, 0.2) is 12.5 Å². The van der Waals surface area contributed by atoms with Crippen LogP contribution in [0, 0.1) is 0 Å². The molecule has 0 fully saturated rings. The van der Waals surface area contributed by atoms with Crippen molar-refractivity contribution >= 4 is 6.09 Å². The minimum absolute atomic E-state index is 0.292. The summed E-state index contributed by atoms with van der Waals surface area (Å²) in [5.41, 5.74) is 1.51. The molecule has 0 aliphatic carbocycles. The third kappa shape index (κ3) is 1.85. The molecule has 0 N–H and O–H groups in total. The Bertz CT molecular complexity index is 744. The van der Waals surface area contributed by atoms with E-state index in [1.165, 1.54) is 0 Å². The van der Waals surface area contributed by atoms with E-state index in [1.807, 2.05) is 37.2 Å². The smallest absolute Gasteiger partial charge is 0.410 e. The van der Waals surface area contributed by atoms with Crippen LogP contribution in [-0.2, 0) is 31.5 Å². The van der Waals surface area contributed by atoms with Crippen molar-refractivity contribution in [2.75, 3.05) is 0 Å². The Kier molecular flexibility index (Phi) is 2.19. The van der Waals surface area contributed by atoms with Crippen LogP contribution < -0.4 is 0 Å². The molecule has 2 aliphatic rings. The maximum atomic E-state index is 12.1. The van der Waals surface area contributed by atoms with Crippen molar-refractivity contribution in [1.29, 1.82) is 0 Å². The lowest BCUT2D eigenvalue weighted by atomic mass is 10.2. The van der Waals surface area contributed by atoms with Crippen LogP contribution in [0.3, 0.4) is 0 Å². The van der Waals surface area contributed by atoms with Crippen molar-refractivity contribution in [2.45, 2.75) is 46.1 Å². The average Bonchev–Trinajstić information content (AvgIpc) is 2.70. The van der Waals surface area contributed by atoms with Gasteiger partial charge < -0.3 is 9.30 Å². The number of aromatic nitrogens is 5. The lowest BCUT2D eigenvalue weighted by Gasteiger charge is -2.24. The SMILES string of the molecule is Cn1c(-c2nn3n2C3)nc2c1CN(C(=O)OC(C)(C)C)C2. The fourth-order valence-corrected chi connectivity index (χ4v) is 2.62. The van der Waals surface area contributed by atoms with Gasteiger partial charge in [0.25, 0.3) is 0 Å². The Balaban J connectivity index is 1.54. The topological polar surface area (TPSA) is 70.1 Å². The second-order valence-electron chi connectivity index (χ2n) is 6.56. The van der Waals surface area contributed by atoms with E-state index in [2.05, 4.69) is 14.8 Å². The van der Waals surface area contributed by atoms with Crippen LogP contribution in [0.2, 0.25) is 0 Å². The standard InChI is InChI=1S/C13H18N6O2/c1-13(2,3)21-12(20)17-5-8-9(6-17)16(4)10(14-8)11-15-19-7-18(11)19/h5-7H2,1-4H3. The summed E-state index contributed by atoms with van der Waals surface area (Å²) in [4.78, 5) is 20.3. The molecule has 0 atom stereocenters. The third-order valence-corrected chi connectivity index (χ3v) is 3.74. The first-order valence-corrected chi connectivity index (χ1v) is 7.00. The highest BCUT2D eigenvalue weighted by molar-refractivity contribution is 5.69. The van der Waals surface area contributed by atoms with E-state index >= 15 is 0 Å². The van der Waals surface area contributed by atoms with E-state index in [-0.39, 0.29) is 6.09 Å². The predicted octanol–water partition coefficient (Wildman–Crippen LogP) is 1.15. The molecular formula is C13H18N6O2. The summed E-state index contributed by atoms with van der Waals surface area (Å²) in [5.74, 6) is 1.79. The van der Waals surface area contributed by atoms with Gasteiger partial charge in [-0.1, -0.05) is 0 Å². The first-order valence-electron chi connectivity index (χ1n) is 7.00. The maximum absolute atomic E-state index is 12.1. The number of carbonyl (C=O) groups excluding carboxylic acids is 1. The van der Waals surface area contributed by atoms with Crippen LogP contribution in [0.25, 0.3) is 11.6 Å². The van der Waals surface area contributed by atoms with Crippen LogP contribution in [0.4, 0.5) is 4.79 Å². The summed E-state index contributed by atoms with van der Waals surface area (Å²) in [6.45, 7) is 7.50. The van der Waals surface area contributed by atoms with E-state index in [9.17, 15) is 4.79 Å².